The number of anilines is 1. The number of carbonyl (C=O) groups is 1. The molecule has 10 nitrogen and oxygen atoms in total. The SMILES string of the molecule is COCCOC[C@H]1O[C@@H](n2cc(C)c(NC(=O)c3ccccc3)nc2=O)[C@H](O)[C@@H]1O. The van der Waals surface area contributed by atoms with Gasteiger partial charge < -0.3 is 29.7 Å². The van der Waals surface area contributed by atoms with Gasteiger partial charge in [0.1, 0.15) is 24.1 Å². The first-order valence-electron chi connectivity index (χ1n) is 9.47. The van der Waals surface area contributed by atoms with Crippen molar-refractivity contribution >= 4 is 11.7 Å². The van der Waals surface area contributed by atoms with Crippen LogP contribution in [0.1, 0.15) is 22.1 Å². The normalized spacial score (nSPS) is 23.5. The Labute approximate surface area is 173 Å². The van der Waals surface area contributed by atoms with Gasteiger partial charge in [0, 0.05) is 24.4 Å². The third kappa shape index (κ3) is 4.91. The molecule has 0 aliphatic carbocycles. The van der Waals surface area contributed by atoms with Crippen LogP contribution < -0.4 is 11.0 Å². The fraction of sp³-hybridized carbons (Fsp3) is 0.450. The highest BCUT2D eigenvalue weighted by molar-refractivity contribution is 6.03. The minimum absolute atomic E-state index is 0.0322. The number of hydrogen-bond acceptors (Lipinski definition) is 8. The van der Waals surface area contributed by atoms with Gasteiger partial charge in [-0.1, -0.05) is 18.2 Å². The standard InChI is InChI=1S/C20H25N3O7/c1-12-10-23(19-16(25)15(24)14(30-19)11-29-9-8-28-2)20(27)22-17(12)21-18(26)13-6-4-3-5-7-13/h3-7,10,14-16,19,24-25H,8-9,11H2,1-2H3,(H,21,22,26,27)/t14-,15-,16-,19-/m1/s1. The van der Waals surface area contributed by atoms with Gasteiger partial charge in [0.05, 0.1) is 19.8 Å². The molecule has 0 saturated carbocycles. The van der Waals surface area contributed by atoms with Gasteiger partial charge in [0.15, 0.2) is 6.23 Å². The van der Waals surface area contributed by atoms with Crippen molar-refractivity contribution in [3.8, 4) is 0 Å². The van der Waals surface area contributed by atoms with Gasteiger partial charge in [-0.15, -0.1) is 0 Å². The minimum Gasteiger partial charge on any atom is -0.387 e. The summed E-state index contributed by atoms with van der Waals surface area (Å²) >= 11 is 0. The Morgan fingerprint density at radius 3 is 2.67 bits per heavy atom. The number of aliphatic hydroxyl groups is 2. The fourth-order valence-corrected chi connectivity index (χ4v) is 3.08. The number of ether oxygens (including phenoxy) is 3. The predicted molar refractivity (Wildman–Crippen MR) is 106 cm³/mol. The van der Waals surface area contributed by atoms with Gasteiger partial charge in [-0.3, -0.25) is 9.36 Å². The van der Waals surface area contributed by atoms with Gasteiger partial charge in [-0.05, 0) is 19.1 Å². The minimum atomic E-state index is -1.34. The number of benzene rings is 1. The smallest absolute Gasteiger partial charge is 0.351 e. The zero-order chi connectivity index (χ0) is 21.7. The molecule has 1 aromatic carbocycles. The molecule has 3 rings (SSSR count). The second-order valence-corrected chi connectivity index (χ2v) is 6.90. The number of hydrogen-bond donors (Lipinski definition) is 3. The summed E-state index contributed by atoms with van der Waals surface area (Å²) in [5.74, 6) is -0.290. The Morgan fingerprint density at radius 1 is 1.23 bits per heavy atom. The number of nitrogens with zero attached hydrogens (tertiary/aromatic N) is 2. The van der Waals surface area contributed by atoms with Crippen LogP contribution in [0.4, 0.5) is 5.82 Å². The average Bonchev–Trinajstić information content (AvgIpc) is 3.02. The van der Waals surface area contributed by atoms with E-state index in [1.165, 1.54) is 13.3 Å². The molecule has 0 bridgehead atoms. The molecule has 2 aromatic rings. The van der Waals surface area contributed by atoms with E-state index in [0.717, 1.165) is 4.57 Å². The van der Waals surface area contributed by atoms with Gasteiger partial charge in [-0.2, -0.15) is 4.98 Å². The first-order valence-corrected chi connectivity index (χ1v) is 9.47. The van der Waals surface area contributed by atoms with Crippen molar-refractivity contribution in [1.82, 2.24) is 9.55 Å². The van der Waals surface area contributed by atoms with Crippen molar-refractivity contribution in [2.45, 2.75) is 31.5 Å². The third-order valence-electron chi connectivity index (χ3n) is 4.73. The van der Waals surface area contributed by atoms with E-state index in [1.54, 1.807) is 37.3 Å². The molecule has 0 spiro atoms. The summed E-state index contributed by atoms with van der Waals surface area (Å²) in [6, 6.07) is 8.54. The molecular formula is C20H25N3O7. The van der Waals surface area contributed by atoms with Crippen LogP contribution in [-0.4, -0.2) is 70.9 Å². The maximum absolute atomic E-state index is 12.5. The number of aromatic nitrogens is 2. The lowest BCUT2D eigenvalue weighted by molar-refractivity contribution is -0.0724. The molecule has 1 fully saturated rings. The van der Waals surface area contributed by atoms with Crippen molar-refractivity contribution in [1.29, 1.82) is 0 Å². The topological polar surface area (TPSA) is 132 Å². The number of aryl methyl sites for hydroxylation is 1. The molecule has 2 heterocycles. The van der Waals surface area contributed by atoms with E-state index in [0.29, 0.717) is 24.3 Å². The molecule has 1 saturated heterocycles. The van der Waals surface area contributed by atoms with E-state index in [9.17, 15) is 19.8 Å². The van der Waals surface area contributed by atoms with Gasteiger partial charge >= 0.3 is 5.69 Å². The maximum atomic E-state index is 12.5. The quantitative estimate of drug-likeness (QED) is 0.513. The summed E-state index contributed by atoms with van der Waals surface area (Å²) in [7, 11) is 1.54. The summed E-state index contributed by atoms with van der Waals surface area (Å²) in [6.45, 7) is 2.38. The second kappa shape index (κ2) is 9.92. The van der Waals surface area contributed by atoms with Crippen molar-refractivity contribution in [2.24, 2.45) is 0 Å². The van der Waals surface area contributed by atoms with E-state index in [-0.39, 0.29) is 12.4 Å². The highest BCUT2D eigenvalue weighted by Gasteiger charge is 2.44. The molecule has 3 N–H and O–H groups in total. The summed E-state index contributed by atoms with van der Waals surface area (Å²) in [5.41, 5.74) is 0.182. The molecular weight excluding hydrogens is 394 g/mol. The predicted octanol–water partition coefficient (Wildman–Crippen LogP) is 0.0862. The van der Waals surface area contributed by atoms with E-state index < -0.39 is 36.1 Å². The summed E-state index contributed by atoms with van der Waals surface area (Å²) < 4.78 is 17.0. The third-order valence-corrected chi connectivity index (χ3v) is 4.73. The van der Waals surface area contributed by atoms with Crippen molar-refractivity contribution in [2.75, 3.05) is 32.2 Å². The fourth-order valence-electron chi connectivity index (χ4n) is 3.08. The van der Waals surface area contributed by atoms with Crippen molar-refractivity contribution in [3.63, 3.8) is 0 Å². The van der Waals surface area contributed by atoms with Gasteiger partial charge in [0.25, 0.3) is 5.91 Å². The molecule has 0 radical (unpaired) electrons. The van der Waals surface area contributed by atoms with Crippen molar-refractivity contribution in [3.05, 3.63) is 58.1 Å². The average molecular weight is 419 g/mol. The number of rotatable bonds is 8. The Hall–Kier alpha value is -2.63. The molecule has 4 atom stereocenters. The molecule has 1 amide bonds. The van der Waals surface area contributed by atoms with E-state index in [1.807, 2.05) is 0 Å². The first-order chi connectivity index (χ1) is 14.4. The number of methoxy groups -OCH3 is 1. The lowest BCUT2D eigenvalue weighted by atomic mass is 10.1. The number of carbonyl (C=O) groups excluding carboxylic acids is 1. The second-order valence-electron chi connectivity index (χ2n) is 6.90. The number of aliphatic hydroxyl groups excluding tert-OH is 2. The van der Waals surface area contributed by atoms with Crippen LogP contribution in [0.2, 0.25) is 0 Å². The van der Waals surface area contributed by atoms with E-state index in [4.69, 9.17) is 14.2 Å². The molecule has 1 aliphatic rings. The highest BCUT2D eigenvalue weighted by atomic mass is 16.6. The Kier molecular flexibility index (Phi) is 7.29. The Balaban J connectivity index is 1.73. The molecule has 162 valence electrons. The monoisotopic (exact) mass is 419 g/mol. The van der Waals surface area contributed by atoms with E-state index >= 15 is 0 Å². The largest absolute Gasteiger partial charge is 0.387 e. The van der Waals surface area contributed by atoms with Crippen LogP contribution in [0.25, 0.3) is 0 Å². The highest BCUT2D eigenvalue weighted by Crippen LogP contribution is 2.29. The summed E-state index contributed by atoms with van der Waals surface area (Å²) in [4.78, 5) is 28.8. The van der Waals surface area contributed by atoms with E-state index in [2.05, 4.69) is 10.3 Å². The summed E-state index contributed by atoms with van der Waals surface area (Å²) in [5, 5.41) is 23.2. The first kappa shape index (κ1) is 22.1. The molecule has 10 heteroatoms. The maximum Gasteiger partial charge on any atom is 0.351 e. The molecule has 1 aliphatic heterocycles. The summed E-state index contributed by atoms with van der Waals surface area (Å²) in [6.07, 6.45) is -3.10. The zero-order valence-electron chi connectivity index (χ0n) is 16.7. The lowest BCUT2D eigenvalue weighted by Gasteiger charge is -2.18. The molecule has 0 unspecified atom stereocenters. The van der Waals surface area contributed by atoms with Crippen LogP contribution in [-0.2, 0) is 14.2 Å². The van der Waals surface area contributed by atoms with Crippen LogP contribution >= 0.6 is 0 Å². The van der Waals surface area contributed by atoms with Gasteiger partial charge in [0.2, 0.25) is 0 Å². The Morgan fingerprint density at radius 2 is 1.97 bits per heavy atom. The Bertz CT molecular complexity index is 918. The van der Waals surface area contributed by atoms with Crippen LogP contribution in [0, 0.1) is 6.92 Å². The molecule has 1 aromatic heterocycles. The van der Waals surface area contributed by atoms with Crippen LogP contribution in [0.3, 0.4) is 0 Å². The van der Waals surface area contributed by atoms with Gasteiger partial charge in [-0.25, -0.2) is 4.79 Å². The van der Waals surface area contributed by atoms with Crippen LogP contribution in [0.15, 0.2) is 41.3 Å². The lowest BCUT2D eigenvalue weighted by Crippen LogP contribution is -2.36. The van der Waals surface area contributed by atoms with Crippen LogP contribution in [0.5, 0.6) is 0 Å². The van der Waals surface area contributed by atoms with Crippen molar-refractivity contribution < 1.29 is 29.2 Å². The zero-order valence-corrected chi connectivity index (χ0v) is 16.7. The number of amides is 1. The number of nitrogens with one attached hydrogen (secondary N) is 1. The molecule has 30 heavy (non-hydrogen) atoms.